The fourth-order valence-corrected chi connectivity index (χ4v) is 2.78. The zero-order chi connectivity index (χ0) is 15.6. The maximum absolute atomic E-state index is 11.1. The van der Waals surface area contributed by atoms with Crippen LogP contribution >= 0.6 is 0 Å². The van der Waals surface area contributed by atoms with Crippen molar-refractivity contribution in [3.05, 3.63) is 47.2 Å². The lowest BCUT2D eigenvalue weighted by molar-refractivity contribution is 0.597. The van der Waals surface area contributed by atoms with Crippen molar-refractivity contribution in [3.63, 3.8) is 0 Å². The molecule has 106 valence electrons. The molecule has 2 aromatic rings. The summed E-state index contributed by atoms with van der Waals surface area (Å²) in [7, 11) is -1.95. The Hall–Kier alpha value is -2.61. The molecule has 2 rings (SSSR count). The number of primary sulfonamides is 1. The topological polar surface area (TPSA) is 113 Å². The van der Waals surface area contributed by atoms with Crippen molar-refractivity contribution in [2.75, 3.05) is 0 Å². The third-order valence-corrected chi connectivity index (χ3v) is 3.83. The Labute approximate surface area is 122 Å². The zero-order valence-electron chi connectivity index (χ0n) is 11.2. The van der Waals surface area contributed by atoms with Crippen LogP contribution in [0.1, 0.15) is 16.8 Å². The molecule has 0 aliphatic carbocycles. The normalized spacial score (nSPS) is 10.9. The van der Waals surface area contributed by atoms with Gasteiger partial charge in [-0.15, -0.1) is 0 Å². The lowest BCUT2D eigenvalue weighted by atomic mass is 10.0. The molecule has 1 aromatic carbocycles. The number of hydrogen-bond acceptors (Lipinski definition) is 4. The van der Waals surface area contributed by atoms with Gasteiger partial charge in [0.15, 0.2) is 0 Å². The summed E-state index contributed by atoms with van der Waals surface area (Å²) >= 11 is 0. The summed E-state index contributed by atoms with van der Waals surface area (Å²) in [6, 6.07) is 12.4. The second-order valence-corrected chi connectivity index (χ2v) is 6.18. The van der Waals surface area contributed by atoms with Crippen LogP contribution in [0.3, 0.4) is 0 Å². The maximum Gasteiger partial charge on any atom is 0.213 e. The van der Waals surface area contributed by atoms with E-state index < -0.39 is 10.0 Å². The molecule has 0 atom stereocenters. The number of rotatable bonds is 3. The summed E-state index contributed by atoms with van der Waals surface area (Å²) in [4.78, 5) is 0. The lowest BCUT2D eigenvalue weighted by Gasteiger charge is -2.08. The summed E-state index contributed by atoms with van der Waals surface area (Å²) in [6.07, 6.45) is 0. The van der Waals surface area contributed by atoms with Gasteiger partial charge in [0.2, 0.25) is 10.0 Å². The van der Waals surface area contributed by atoms with Gasteiger partial charge >= 0.3 is 0 Å². The summed E-state index contributed by atoms with van der Waals surface area (Å²) in [5.74, 6) is -0.382. The standard InChI is InChI=1S/C14H12N4O2S/c1-18-13(8-16)4-5-14(18)10-2-3-11(9-21(17,19)20)12(6-10)7-15/h2-6H,9H2,1H3,(H2,17,19,20). The predicted octanol–water partition coefficient (Wildman–Crippen LogP) is 1.22. The first-order valence-electron chi connectivity index (χ1n) is 5.95. The highest BCUT2D eigenvalue weighted by Crippen LogP contribution is 2.24. The van der Waals surface area contributed by atoms with Crippen molar-refractivity contribution in [2.24, 2.45) is 12.2 Å². The summed E-state index contributed by atoms with van der Waals surface area (Å²) in [5, 5.41) is 23.1. The molecular weight excluding hydrogens is 288 g/mol. The second-order valence-electron chi connectivity index (χ2n) is 4.57. The molecule has 0 aliphatic heterocycles. The van der Waals surface area contributed by atoms with E-state index in [1.54, 1.807) is 41.9 Å². The van der Waals surface area contributed by atoms with Crippen LogP contribution in [0.4, 0.5) is 0 Å². The molecule has 21 heavy (non-hydrogen) atoms. The van der Waals surface area contributed by atoms with Crippen molar-refractivity contribution in [3.8, 4) is 23.4 Å². The van der Waals surface area contributed by atoms with Gasteiger partial charge in [0, 0.05) is 12.7 Å². The summed E-state index contributed by atoms with van der Waals surface area (Å²) in [5.41, 5.74) is 2.61. The lowest BCUT2D eigenvalue weighted by Crippen LogP contribution is -2.15. The van der Waals surface area contributed by atoms with E-state index in [-0.39, 0.29) is 11.3 Å². The van der Waals surface area contributed by atoms with Gasteiger partial charge in [0.05, 0.1) is 17.4 Å². The molecule has 6 nitrogen and oxygen atoms in total. The predicted molar refractivity (Wildman–Crippen MR) is 77.1 cm³/mol. The van der Waals surface area contributed by atoms with Gasteiger partial charge in [-0.3, -0.25) is 0 Å². The van der Waals surface area contributed by atoms with E-state index in [0.29, 0.717) is 11.3 Å². The average molecular weight is 300 g/mol. The molecule has 1 aromatic heterocycles. The third-order valence-electron chi connectivity index (χ3n) is 3.12. The van der Waals surface area contributed by atoms with Crippen LogP contribution in [0.2, 0.25) is 0 Å². The van der Waals surface area contributed by atoms with Crippen LogP contribution in [0.5, 0.6) is 0 Å². The van der Waals surface area contributed by atoms with Crippen LogP contribution < -0.4 is 5.14 Å². The summed E-state index contributed by atoms with van der Waals surface area (Å²) in [6.45, 7) is 0. The highest BCUT2D eigenvalue weighted by atomic mass is 32.2. The molecular formula is C14H12N4O2S. The molecule has 7 heteroatoms. The molecule has 0 radical (unpaired) electrons. The molecule has 0 aliphatic rings. The molecule has 0 saturated carbocycles. The Kier molecular flexibility index (Phi) is 3.81. The minimum Gasteiger partial charge on any atom is -0.335 e. The highest BCUT2D eigenvalue weighted by Gasteiger charge is 2.13. The molecule has 1 heterocycles. The smallest absolute Gasteiger partial charge is 0.213 e. The van der Waals surface area contributed by atoms with E-state index in [0.717, 1.165) is 11.3 Å². The van der Waals surface area contributed by atoms with Crippen LogP contribution in [-0.2, 0) is 22.8 Å². The minimum atomic E-state index is -3.69. The van der Waals surface area contributed by atoms with Crippen molar-refractivity contribution < 1.29 is 8.42 Å². The SMILES string of the molecule is Cn1c(C#N)ccc1-c1ccc(CS(N)(=O)=O)c(C#N)c1. The fraction of sp³-hybridized carbons (Fsp3) is 0.143. The monoisotopic (exact) mass is 300 g/mol. The number of nitrogens with zero attached hydrogens (tertiary/aromatic N) is 3. The zero-order valence-corrected chi connectivity index (χ0v) is 12.1. The molecule has 0 unspecified atom stereocenters. The second kappa shape index (κ2) is 5.41. The van der Waals surface area contributed by atoms with Gasteiger partial charge in [-0.2, -0.15) is 10.5 Å². The number of sulfonamides is 1. The quantitative estimate of drug-likeness (QED) is 0.918. The van der Waals surface area contributed by atoms with E-state index in [9.17, 15) is 8.42 Å². The first-order chi connectivity index (χ1) is 9.85. The van der Waals surface area contributed by atoms with E-state index in [2.05, 4.69) is 6.07 Å². The van der Waals surface area contributed by atoms with Gasteiger partial charge in [-0.25, -0.2) is 13.6 Å². The van der Waals surface area contributed by atoms with E-state index in [1.165, 1.54) is 0 Å². The fourth-order valence-electron chi connectivity index (χ4n) is 2.10. The van der Waals surface area contributed by atoms with E-state index in [1.807, 2.05) is 6.07 Å². The first kappa shape index (κ1) is 14.8. The third kappa shape index (κ3) is 3.11. The van der Waals surface area contributed by atoms with E-state index in [4.69, 9.17) is 15.7 Å². The number of nitriles is 2. The minimum absolute atomic E-state index is 0.251. The van der Waals surface area contributed by atoms with Crippen LogP contribution in [0, 0.1) is 22.7 Å². The molecule has 2 N–H and O–H groups in total. The number of benzene rings is 1. The highest BCUT2D eigenvalue weighted by molar-refractivity contribution is 7.88. The van der Waals surface area contributed by atoms with Crippen molar-refractivity contribution in [2.45, 2.75) is 5.75 Å². The van der Waals surface area contributed by atoms with Crippen LogP contribution in [0.25, 0.3) is 11.3 Å². The Morgan fingerprint density at radius 1 is 1.19 bits per heavy atom. The van der Waals surface area contributed by atoms with Crippen molar-refractivity contribution in [1.29, 1.82) is 10.5 Å². The van der Waals surface area contributed by atoms with Gasteiger partial charge in [0.25, 0.3) is 0 Å². The molecule has 0 saturated heterocycles. The van der Waals surface area contributed by atoms with Crippen LogP contribution in [0.15, 0.2) is 30.3 Å². The van der Waals surface area contributed by atoms with Crippen LogP contribution in [-0.4, -0.2) is 13.0 Å². The Balaban J connectivity index is 2.52. The van der Waals surface area contributed by atoms with Crippen molar-refractivity contribution in [1.82, 2.24) is 4.57 Å². The van der Waals surface area contributed by atoms with E-state index >= 15 is 0 Å². The number of aromatic nitrogens is 1. The van der Waals surface area contributed by atoms with Gasteiger partial charge in [-0.05, 0) is 29.3 Å². The first-order valence-corrected chi connectivity index (χ1v) is 7.67. The average Bonchev–Trinajstić information content (AvgIpc) is 2.78. The Bertz CT molecular complexity index is 883. The van der Waals surface area contributed by atoms with Gasteiger partial charge in [-0.1, -0.05) is 12.1 Å². The number of nitrogens with two attached hydrogens (primary N) is 1. The number of hydrogen-bond donors (Lipinski definition) is 1. The molecule has 0 spiro atoms. The molecule has 0 bridgehead atoms. The summed E-state index contributed by atoms with van der Waals surface area (Å²) < 4.78 is 24.0. The van der Waals surface area contributed by atoms with Gasteiger partial charge < -0.3 is 4.57 Å². The Morgan fingerprint density at radius 2 is 1.90 bits per heavy atom. The maximum atomic E-state index is 11.1. The Morgan fingerprint density at radius 3 is 2.43 bits per heavy atom. The van der Waals surface area contributed by atoms with Gasteiger partial charge in [0.1, 0.15) is 11.8 Å². The largest absolute Gasteiger partial charge is 0.335 e. The van der Waals surface area contributed by atoms with Crippen molar-refractivity contribution >= 4 is 10.0 Å². The molecule has 0 amide bonds. The molecule has 0 fully saturated rings.